The molecule has 1 N–H and O–H groups in total. The molecule has 0 saturated heterocycles. The number of para-hydroxylation sites is 2. The summed E-state index contributed by atoms with van der Waals surface area (Å²) >= 11 is 0. The zero-order valence-electron chi connectivity index (χ0n) is 13.3. The number of fused-ring (bicyclic) bond motifs is 1. The Labute approximate surface area is 127 Å². The molecule has 114 valence electrons. The van der Waals surface area contributed by atoms with Gasteiger partial charge in [0.2, 0.25) is 0 Å². The van der Waals surface area contributed by atoms with Gasteiger partial charge in [0.25, 0.3) is 0 Å². The highest BCUT2D eigenvalue weighted by Crippen LogP contribution is 2.26. The molecule has 1 heterocycles. The first-order chi connectivity index (χ1) is 10.3. The Morgan fingerprint density at radius 2 is 2.00 bits per heavy atom. The number of hydrogen-bond donors (Lipinski definition) is 1. The van der Waals surface area contributed by atoms with Gasteiger partial charge in [-0.05, 0) is 44.7 Å². The van der Waals surface area contributed by atoms with Crippen LogP contribution >= 0.6 is 0 Å². The topological polar surface area (TPSA) is 29.9 Å². The molecular weight excluding hydrogens is 258 g/mol. The summed E-state index contributed by atoms with van der Waals surface area (Å²) in [4.78, 5) is 4.80. The van der Waals surface area contributed by atoms with Crippen molar-refractivity contribution in [3.8, 4) is 0 Å². The summed E-state index contributed by atoms with van der Waals surface area (Å²) in [7, 11) is 0. The van der Waals surface area contributed by atoms with Crippen LogP contribution in [0.15, 0.2) is 24.3 Å². The highest BCUT2D eigenvalue weighted by atomic mass is 15.1. The van der Waals surface area contributed by atoms with E-state index in [1.54, 1.807) is 0 Å². The lowest BCUT2D eigenvalue weighted by atomic mass is 9.84. The largest absolute Gasteiger partial charge is 0.327 e. The lowest BCUT2D eigenvalue weighted by molar-refractivity contribution is 0.278. The van der Waals surface area contributed by atoms with Gasteiger partial charge in [-0.3, -0.25) is 0 Å². The van der Waals surface area contributed by atoms with Gasteiger partial charge in [0.05, 0.1) is 17.6 Å². The number of aromatic nitrogens is 2. The Morgan fingerprint density at radius 1 is 1.24 bits per heavy atom. The molecular formula is C18H27N3. The van der Waals surface area contributed by atoms with Crippen LogP contribution in [0.3, 0.4) is 0 Å². The van der Waals surface area contributed by atoms with Crippen molar-refractivity contribution >= 4 is 11.0 Å². The summed E-state index contributed by atoms with van der Waals surface area (Å²) in [5.41, 5.74) is 2.36. The summed E-state index contributed by atoms with van der Waals surface area (Å²) in [5.74, 6) is 2.01. The number of nitrogens with zero attached hydrogens (tertiary/aromatic N) is 2. The third kappa shape index (κ3) is 3.13. The predicted molar refractivity (Wildman–Crippen MR) is 88.3 cm³/mol. The van der Waals surface area contributed by atoms with Crippen LogP contribution in [0.5, 0.6) is 0 Å². The number of benzene rings is 1. The maximum absolute atomic E-state index is 4.80. The fourth-order valence-corrected chi connectivity index (χ4v) is 3.67. The van der Waals surface area contributed by atoms with Crippen LogP contribution in [-0.4, -0.2) is 15.6 Å². The molecule has 0 radical (unpaired) electrons. The van der Waals surface area contributed by atoms with Gasteiger partial charge in [-0.1, -0.05) is 31.4 Å². The summed E-state index contributed by atoms with van der Waals surface area (Å²) in [6, 6.07) is 9.03. The Hall–Kier alpha value is -1.35. The smallest absolute Gasteiger partial charge is 0.123 e. The summed E-state index contributed by atoms with van der Waals surface area (Å²) < 4.78 is 2.33. The van der Waals surface area contributed by atoms with Gasteiger partial charge in [0.15, 0.2) is 0 Å². The Bertz CT molecular complexity index is 581. The van der Waals surface area contributed by atoms with Gasteiger partial charge < -0.3 is 9.88 Å². The molecule has 0 amide bonds. The molecule has 3 heteroatoms. The molecule has 0 aliphatic heterocycles. The van der Waals surface area contributed by atoms with E-state index in [9.17, 15) is 0 Å². The van der Waals surface area contributed by atoms with E-state index < -0.39 is 0 Å². The molecule has 1 unspecified atom stereocenters. The predicted octanol–water partition coefficient (Wildman–Crippen LogP) is 4.11. The molecule has 1 aliphatic carbocycles. The maximum Gasteiger partial charge on any atom is 0.123 e. The molecule has 3 rings (SSSR count). The molecule has 1 fully saturated rings. The van der Waals surface area contributed by atoms with Crippen molar-refractivity contribution in [2.24, 2.45) is 5.92 Å². The van der Waals surface area contributed by atoms with Crippen LogP contribution in [0.25, 0.3) is 11.0 Å². The molecule has 1 aromatic carbocycles. The van der Waals surface area contributed by atoms with Crippen molar-refractivity contribution in [1.29, 1.82) is 0 Å². The number of imidazole rings is 1. The third-order valence-corrected chi connectivity index (χ3v) is 4.99. The fourth-order valence-electron chi connectivity index (χ4n) is 3.67. The van der Waals surface area contributed by atoms with Gasteiger partial charge in [-0.2, -0.15) is 0 Å². The summed E-state index contributed by atoms with van der Waals surface area (Å²) in [6.07, 6.45) is 7.01. The SMILES string of the molecule is CCn1c(CNC(C)C2CCCCC2)nc2ccccc21. The van der Waals surface area contributed by atoms with Gasteiger partial charge >= 0.3 is 0 Å². The quantitative estimate of drug-likeness (QED) is 0.895. The molecule has 1 aliphatic rings. The number of aryl methyl sites for hydroxylation is 1. The average molecular weight is 285 g/mol. The van der Waals surface area contributed by atoms with E-state index >= 15 is 0 Å². The minimum atomic E-state index is 0.593. The van der Waals surface area contributed by atoms with Crippen molar-refractivity contribution in [2.75, 3.05) is 0 Å². The molecule has 1 atom stereocenters. The van der Waals surface area contributed by atoms with Crippen molar-refractivity contribution in [2.45, 2.75) is 65.1 Å². The van der Waals surface area contributed by atoms with Gasteiger partial charge in [-0.25, -0.2) is 4.98 Å². The molecule has 21 heavy (non-hydrogen) atoms. The Morgan fingerprint density at radius 3 is 2.76 bits per heavy atom. The molecule has 0 spiro atoms. The summed E-state index contributed by atoms with van der Waals surface area (Å²) in [5, 5.41) is 3.72. The van der Waals surface area contributed by atoms with E-state index in [1.165, 1.54) is 43.4 Å². The first-order valence-corrected chi connectivity index (χ1v) is 8.47. The molecule has 1 aromatic heterocycles. The minimum absolute atomic E-state index is 0.593. The van der Waals surface area contributed by atoms with Crippen LogP contribution in [0.2, 0.25) is 0 Å². The lowest BCUT2D eigenvalue weighted by Gasteiger charge is -2.28. The van der Waals surface area contributed by atoms with Crippen molar-refractivity contribution in [1.82, 2.24) is 14.9 Å². The Kier molecular flexibility index (Phi) is 4.59. The van der Waals surface area contributed by atoms with Crippen LogP contribution in [0.4, 0.5) is 0 Å². The number of rotatable bonds is 5. The molecule has 3 nitrogen and oxygen atoms in total. The van der Waals surface area contributed by atoms with E-state index in [1.807, 2.05) is 0 Å². The highest BCUT2D eigenvalue weighted by molar-refractivity contribution is 5.75. The van der Waals surface area contributed by atoms with Crippen LogP contribution < -0.4 is 5.32 Å². The molecule has 0 bridgehead atoms. The summed E-state index contributed by atoms with van der Waals surface area (Å²) in [6.45, 7) is 6.40. The van der Waals surface area contributed by atoms with E-state index in [0.717, 1.165) is 24.5 Å². The van der Waals surface area contributed by atoms with Gasteiger partial charge in [0, 0.05) is 12.6 Å². The number of hydrogen-bond acceptors (Lipinski definition) is 2. The van der Waals surface area contributed by atoms with E-state index in [-0.39, 0.29) is 0 Å². The third-order valence-electron chi connectivity index (χ3n) is 4.99. The monoisotopic (exact) mass is 285 g/mol. The van der Waals surface area contributed by atoms with Gasteiger partial charge in [-0.15, -0.1) is 0 Å². The average Bonchev–Trinajstić information content (AvgIpc) is 2.91. The lowest BCUT2D eigenvalue weighted by Crippen LogP contribution is -2.34. The van der Waals surface area contributed by atoms with Crippen molar-refractivity contribution < 1.29 is 0 Å². The maximum atomic E-state index is 4.80. The first-order valence-electron chi connectivity index (χ1n) is 8.47. The molecule has 1 saturated carbocycles. The van der Waals surface area contributed by atoms with Crippen LogP contribution in [0.1, 0.15) is 51.8 Å². The van der Waals surface area contributed by atoms with E-state index in [2.05, 4.69) is 48.0 Å². The van der Waals surface area contributed by atoms with Crippen LogP contribution in [0, 0.1) is 5.92 Å². The number of nitrogens with one attached hydrogen (secondary N) is 1. The highest BCUT2D eigenvalue weighted by Gasteiger charge is 2.20. The second-order valence-electron chi connectivity index (χ2n) is 6.33. The van der Waals surface area contributed by atoms with E-state index in [0.29, 0.717) is 6.04 Å². The van der Waals surface area contributed by atoms with Crippen molar-refractivity contribution in [3.05, 3.63) is 30.1 Å². The van der Waals surface area contributed by atoms with Crippen molar-refractivity contribution in [3.63, 3.8) is 0 Å². The van der Waals surface area contributed by atoms with Crippen LogP contribution in [-0.2, 0) is 13.1 Å². The fraction of sp³-hybridized carbons (Fsp3) is 0.611. The first kappa shape index (κ1) is 14.6. The zero-order valence-corrected chi connectivity index (χ0v) is 13.3. The Balaban J connectivity index is 1.69. The second kappa shape index (κ2) is 6.61. The normalized spacial score (nSPS) is 18.2. The second-order valence-corrected chi connectivity index (χ2v) is 6.33. The van der Waals surface area contributed by atoms with E-state index in [4.69, 9.17) is 4.98 Å². The minimum Gasteiger partial charge on any atom is -0.327 e. The zero-order chi connectivity index (χ0) is 14.7. The van der Waals surface area contributed by atoms with Gasteiger partial charge in [0.1, 0.15) is 5.82 Å². The standard InChI is InChI=1S/C18H27N3/c1-3-21-17-12-8-7-11-16(17)20-18(21)13-19-14(2)15-9-5-4-6-10-15/h7-8,11-12,14-15,19H,3-6,9-10,13H2,1-2H3. The molecule has 2 aromatic rings.